The number of carboxylic acid groups (broad SMARTS) is 1. The van der Waals surface area contributed by atoms with Gasteiger partial charge in [0.2, 0.25) is 0 Å². The molecule has 17 heavy (non-hydrogen) atoms. The standard InChI is InChI=1S/C14H13NO2/c15-9-10-2-1-3-13(8-10)11-4-6-12(7-5-11)14(16)17/h1-4,8,12H,5-7H2,(H,16,17)/t12-/m0/s1. The summed E-state index contributed by atoms with van der Waals surface area (Å²) < 4.78 is 0. The molecule has 0 heterocycles. The summed E-state index contributed by atoms with van der Waals surface area (Å²) in [4.78, 5) is 10.8. The molecule has 0 fully saturated rings. The maximum absolute atomic E-state index is 10.8. The Hall–Kier alpha value is -2.08. The van der Waals surface area contributed by atoms with Gasteiger partial charge in [-0.25, -0.2) is 0 Å². The highest BCUT2D eigenvalue weighted by molar-refractivity contribution is 5.74. The topological polar surface area (TPSA) is 61.1 Å². The third kappa shape index (κ3) is 2.54. The summed E-state index contributed by atoms with van der Waals surface area (Å²) in [5.74, 6) is -0.969. The Morgan fingerprint density at radius 3 is 2.88 bits per heavy atom. The van der Waals surface area contributed by atoms with Crippen LogP contribution in [0.3, 0.4) is 0 Å². The van der Waals surface area contributed by atoms with Crippen LogP contribution in [0.1, 0.15) is 30.4 Å². The molecule has 0 saturated carbocycles. The molecule has 1 aliphatic rings. The average molecular weight is 227 g/mol. The molecule has 0 radical (unpaired) electrons. The predicted molar refractivity (Wildman–Crippen MR) is 64.1 cm³/mol. The maximum Gasteiger partial charge on any atom is 0.306 e. The fourth-order valence-electron chi connectivity index (χ4n) is 2.11. The molecule has 1 aromatic carbocycles. The SMILES string of the molecule is N#Cc1cccc(C2=CC[C@H](C(=O)O)CC2)c1. The van der Waals surface area contributed by atoms with Gasteiger partial charge in [-0.05, 0) is 42.5 Å². The van der Waals surface area contributed by atoms with Crippen LogP contribution in [-0.2, 0) is 4.79 Å². The Balaban J connectivity index is 2.19. The normalized spacial score (nSPS) is 19.2. The molecule has 1 N–H and O–H groups in total. The molecule has 0 spiro atoms. The number of rotatable bonds is 2. The van der Waals surface area contributed by atoms with Crippen LogP contribution >= 0.6 is 0 Å². The number of hydrogen-bond donors (Lipinski definition) is 1. The first-order valence-corrected chi connectivity index (χ1v) is 5.63. The van der Waals surface area contributed by atoms with Crippen LogP contribution in [0.25, 0.3) is 5.57 Å². The van der Waals surface area contributed by atoms with Crippen molar-refractivity contribution >= 4 is 11.5 Å². The second-order valence-electron chi connectivity index (χ2n) is 4.23. The summed E-state index contributed by atoms with van der Waals surface area (Å²) in [6, 6.07) is 9.56. The maximum atomic E-state index is 10.8. The van der Waals surface area contributed by atoms with Crippen molar-refractivity contribution in [1.82, 2.24) is 0 Å². The smallest absolute Gasteiger partial charge is 0.306 e. The molecule has 0 bridgehead atoms. The van der Waals surface area contributed by atoms with E-state index in [2.05, 4.69) is 6.07 Å². The molecule has 0 saturated heterocycles. The van der Waals surface area contributed by atoms with Gasteiger partial charge in [0.1, 0.15) is 0 Å². The van der Waals surface area contributed by atoms with Crippen LogP contribution < -0.4 is 0 Å². The fraction of sp³-hybridized carbons (Fsp3) is 0.286. The van der Waals surface area contributed by atoms with Crippen LogP contribution in [0.2, 0.25) is 0 Å². The van der Waals surface area contributed by atoms with E-state index in [0.717, 1.165) is 17.6 Å². The summed E-state index contributed by atoms with van der Waals surface area (Å²) in [6.45, 7) is 0. The lowest BCUT2D eigenvalue weighted by atomic mass is 9.86. The van der Waals surface area contributed by atoms with Gasteiger partial charge in [-0.3, -0.25) is 4.79 Å². The van der Waals surface area contributed by atoms with Gasteiger partial charge < -0.3 is 5.11 Å². The summed E-state index contributed by atoms with van der Waals surface area (Å²) in [7, 11) is 0. The number of carboxylic acids is 1. The Labute approximate surface area is 100 Å². The number of nitriles is 1. The molecular weight excluding hydrogens is 214 g/mol. The van der Waals surface area contributed by atoms with Crippen LogP contribution in [0, 0.1) is 17.2 Å². The molecule has 0 unspecified atom stereocenters. The molecule has 1 aliphatic carbocycles. The Morgan fingerprint density at radius 2 is 2.29 bits per heavy atom. The lowest BCUT2D eigenvalue weighted by Crippen LogP contribution is -2.15. The largest absolute Gasteiger partial charge is 0.481 e. The highest BCUT2D eigenvalue weighted by atomic mass is 16.4. The van der Waals surface area contributed by atoms with Gasteiger partial charge in [-0.15, -0.1) is 0 Å². The Kier molecular flexibility index (Phi) is 3.24. The minimum Gasteiger partial charge on any atom is -0.481 e. The van der Waals surface area contributed by atoms with Crippen molar-refractivity contribution in [2.75, 3.05) is 0 Å². The summed E-state index contributed by atoms with van der Waals surface area (Å²) in [5.41, 5.74) is 2.83. The molecule has 2 rings (SSSR count). The number of carbonyl (C=O) groups is 1. The van der Waals surface area contributed by atoms with E-state index in [9.17, 15) is 4.79 Å². The molecule has 3 heteroatoms. The van der Waals surface area contributed by atoms with Crippen LogP contribution in [0.4, 0.5) is 0 Å². The van der Waals surface area contributed by atoms with Gasteiger partial charge in [0.25, 0.3) is 0 Å². The molecular formula is C14H13NO2. The van der Waals surface area contributed by atoms with Gasteiger partial charge in [-0.2, -0.15) is 5.26 Å². The first-order valence-electron chi connectivity index (χ1n) is 5.63. The van der Waals surface area contributed by atoms with Crippen molar-refractivity contribution in [2.45, 2.75) is 19.3 Å². The van der Waals surface area contributed by atoms with Gasteiger partial charge in [0.05, 0.1) is 17.6 Å². The van der Waals surface area contributed by atoms with Crippen molar-refractivity contribution in [3.05, 3.63) is 41.5 Å². The van der Waals surface area contributed by atoms with Crippen molar-refractivity contribution in [1.29, 1.82) is 5.26 Å². The van der Waals surface area contributed by atoms with E-state index >= 15 is 0 Å². The van der Waals surface area contributed by atoms with Gasteiger partial charge >= 0.3 is 5.97 Å². The summed E-state index contributed by atoms with van der Waals surface area (Å²) in [6.07, 6.45) is 4.02. The van der Waals surface area contributed by atoms with E-state index in [4.69, 9.17) is 10.4 Å². The van der Waals surface area contributed by atoms with E-state index in [1.807, 2.05) is 24.3 Å². The minimum absolute atomic E-state index is 0.252. The first-order chi connectivity index (χ1) is 8.20. The number of allylic oxidation sites excluding steroid dienone is 2. The lowest BCUT2D eigenvalue weighted by molar-refractivity contribution is -0.141. The highest BCUT2D eigenvalue weighted by Gasteiger charge is 2.21. The number of nitrogens with zero attached hydrogens (tertiary/aromatic N) is 1. The van der Waals surface area contributed by atoms with Crippen molar-refractivity contribution in [3.63, 3.8) is 0 Å². The van der Waals surface area contributed by atoms with Crippen LogP contribution in [-0.4, -0.2) is 11.1 Å². The Bertz CT molecular complexity index is 511. The third-order valence-electron chi connectivity index (χ3n) is 3.12. The average Bonchev–Trinajstić information content (AvgIpc) is 2.39. The molecule has 1 atom stereocenters. The minimum atomic E-state index is -0.717. The molecule has 86 valence electrons. The molecule has 0 amide bonds. The second-order valence-corrected chi connectivity index (χ2v) is 4.23. The molecule has 0 aliphatic heterocycles. The predicted octanol–water partition coefficient (Wildman–Crippen LogP) is 2.83. The fourth-order valence-corrected chi connectivity index (χ4v) is 2.11. The first kappa shape index (κ1) is 11.4. The van der Waals surface area contributed by atoms with Gasteiger partial charge in [0, 0.05) is 0 Å². The van der Waals surface area contributed by atoms with Crippen LogP contribution in [0.5, 0.6) is 0 Å². The van der Waals surface area contributed by atoms with Crippen LogP contribution in [0.15, 0.2) is 30.3 Å². The molecule has 0 aromatic heterocycles. The monoisotopic (exact) mass is 227 g/mol. The van der Waals surface area contributed by atoms with Gasteiger partial charge in [0.15, 0.2) is 0 Å². The zero-order valence-corrected chi connectivity index (χ0v) is 9.39. The zero-order valence-electron chi connectivity index (χ0n) is 9.39. The van der Waals surface area contributed by atoms with E-state index in [1.54, 1.807) is 6.07 Å². The van der Waals surface area contributed by atoms with E-state index < -0.39 is 5.97 Å². The summed E-state index contributed by atoms with van der Waals surface area (Å²) >= 11 is 0. The quantitative estimate of drug-likeness (QED) is 0.845. The molecule has 3 nitrogen and oxygen atoms in total. The van der Waals surface area contributed by atoms with E-state index in [-0.39, 0.29) is 5.92 Å². The molecule has 1 aromatic rings. The second kappa shape index (κ2) is 4.84. The number of aliphatic carboxylic acids is 1. The third-order valence-corrected chi connectivity index (χ3v) is 3.12. The van der Waals surface area contributed by atoms with Crippen molar-refractivity contribution in [3.8, 4) is 6.07 Å². The Morgan fingerprint density at radius 1 is 1.47 bits per heavy atom. The zero-order chi connectivity index (χ0) is 12.3. The highest BCUT2D eigenvalue weighted by Crippen LogP contribution is 2.30. The van der Waals surface area contributed by atoms with Gasteiger partial charge in [-0.1, -0.05) is 18.2 Å². The van der Waals surface area contributed by atoms with E-state index in [0.29, 0.717) is 18.4 Å². The van der Waals surface area contributed by atoms with E-state index in [1.165, 1.54) is 0 Å². The number of hydrogen-bond acceptors (Lipinski definition) is 2. The van der Waals surface area contributed by atoms with Crippen molar-refractivity contribution < 1.29 is 9.90 Å². The number of benzene rings is 1. The summed E-state index contributed by atoms with van der Waals surface area (Å²) in [5, 5.41) is 17.7. The lowest BCUT2D eigenvalue weighted by Gasteiger charge is -2.18. The van der Waals surface area contributed by atoms with Crippen molar-refractivity contribution in [2.24, 2.45) is 5.92 Å².